The minimum atomic E-state index is 0. The number of rotatable bonds is 1. The van der Waals surface area contributed by atoms with Gasteiger partial charge in [0.05, 0.1) is 11.2 Å². The molecule has 6 heterocycles. The van der Waals surface area contributed by atoms with E-state index < -0.39 is 0 Å². The number of benzene rings is 9. The molecule has 6 aromatic heterocycles. The summed E-state index contributed by atoms with van der Waals surface area (Å²) in [5.41, 5.74) is 21.2. The molecule has 0 saturated heterocycles. The summed E-state index contributed by atoms with van der Waals surface area (Å²) in [6.07, 6.45) is 11.6. The maximum Gasteiger partial charge on any atom is 2.00 e. The monoisotopic (exact) mass is 1520 g/mol. The molecule has 15 aromatic rings. The second-order valence-electron chi connectivity index (χ2n) is 24.2. The predicted octanol–water partition coefficient (Wildman–Crippen LogP) is 22.0. The first-order valence-corrected chi connectivity index (χ1v) is 32.5. The summed E-state index contributed by atoms with van der Waals surface area (Å²) in [6, 6.07) is 75.9. The topological polar surface area (TPSA) is 153 Å². The molecule has 0 aliphatic rings. The van der Waals surface area contributed by atoms with Gasteiger partial charge in [0, 0.05) is 47.1 Å². The molecule has 0 bridgehead atoms. The van der Waals surface area contributed by atoms with Crippen LogP contribution < -0.4 is 0 Å². The maximum atomic E-state index is 8.92. The third-order valence-electron chi connectivity index (χ3n) is 17.0. The number of aryl methyl sites for hydroxylation is 14. The van der Waals surface area contributed by atoms with Crippen LogP contribution in [0.15, 0.2) is 230 Å². The Morgan fingerprint density at radius 2 is 0.848 bits per heavy atom. The second-order valence-corrected chi connectivity index (χ2v) is 24.2. The van der Waals surface area contributed by atoms with Crippen molar-refractivity contribution in [1.82, 2.24) is 29.5 Å². The summed E-state index contributed by atoms with van der Waals surface area (Å²) in [5, 5.41) is 44.6. The van der Waals surface area contributed by atoms with Gasteiger partial charge in [-0.3, -0.25) is 16.0 Å². The Hall–Kier alpha value is -11.0. The molecule has 0 unspecified atom stereocenters. The molecule has 99 heavy (non-hydrogen) atoms. The van der Waals surface area contributed by atoms with Crippen molar-refractivity contribution in [3.63, 3.8) is 0 Å². The molecule has 11 heteroatoms. The first-order chi connectivity index (χ1) is 47.3. The van der Waals surface area contributed by atoms with E-state index in [1.807, 2.05) is 122 Å². The summed E-state index contributed by atoms with van der Waals surface area (Å²) in [5.74, 6) is 0. The number of aromatic nitrogens is 6. The Morgan fingerprint density at radius 1 is 0.394 bits per heavy atom. The van der Waals surface area contributed by atoms with Crippen molar-refractivity contribution < 1.29 is 31.1 Å². The zero-order chi connectivity index (χ0) is 70.4. The molecular formula is C88H82N10U. The van der Waals surface area contributed by atoms with Gasteiger partial charge in [-0.25, -0.2) is 25.7 Å². The van der Waals surface area contributed by atoms with Crippen molar-refractivity contribution in [2.24, 2.45) is 4.99 Å². The van der Waals surface area contributed by atoms with Gasteiger partial charge in [-0.2, -0.15) is 44.8 Å². The van der Waals surface area contributed by atoms with Crippen LogP contribution in [0.2, 0.25) is 0 Å². The summed E-state index contributed by atoms with van der Waals surface area (Å²) >= 11 is 0. The van der Waals surface area contributed by atoms with Crippen molar-refractivity contribution in [3.8, 4) is 18.2 Å². The smallest absolute Gasteiger partial charge is 0.482 e. The van der Waals surface area contributed by atoms with Gasteiger partial charge in [0.15, 0.2) is 5.69 Å². The van der Waals surface area contributed by atoms with Crippen molar-refractivity contribution >= 4 is 82.2 Å². The van der Waals surface area contributed by atoms with E-state index in [0.29, 0.717) is 22.6 Å². The van der Waals surface area contributed by atoms with E-state index in [9.17, 15) is 0 Å². The van der Waals surface area contributed by atoms with Crippen LogP contribution in [-0.4, -0.2) is 35.8 Å². The molecule has 0 atom stereocenters. The molecule has 0 saturated carbocycles. The van der Waals surface area contributed by atoms with E-state index in [-0.39, 0.29) is 31.1 Å². The fourth-order valence-corrected chi connectivity index (χ4v) is 11.3. The zero-order valence-electron chi connectivity index (χ0n) is 59.3. The van der Waals surface area contributed by atoms with Crippen LogP contribution in [0.25, 0.3) is 70.3 Å². The predicted molar refractivity (Wildman–Crippen MR) is 409 cm³/mol. The molecule has 0 fully saturated rings. The largest absolute Gasteiger partial charge is 2.00 e. The average Bonchev–Trinajstić information content (AvgIpc) is 1.67. The van der Waals surface area contributed by atoms with Crippen LogP contribution in [0, 0.1) is 168 Å². The van der Waals surface area contributed by atoms with Gasteiger partial charge in [0.2, 0.25) is 0 Å². The SMILES string of the molecule is C[C-]=Nc1[c-]c(C)ccc1C.Cc1ccc(C)c2ccccc12.Cc1ccc(C)c2ccccc12.Cc1ccc(C)c2cnccc12.Cc1ccc2ccccc2c1.Cc1cnc(C#N)c2ccccc12.Cc1cnc(C#N)c2ncccc12.Cc1nn2c(C#N)ccc(C)c2c1C.[U+2]. The second kappa shape index (κ2) is 36.4. The average molecular weight is 1520 g/mol. The van der Waals surface area contributed by atoms with Crippen LogP contribution >= 0.6 is 0 Å². The molecule has 0 amide bonds. The summed E-state index contributed by atoms with van der Waals surface area (Å²) < 4.78 is 1.72. The van der Waals surface area contributed by atoms with Gasteiger partial charge in [-0.1, -0.05) is 176 Å². The molecule has 0 aliphatic heterocycles. The molecule has 0 N–H and O–H groups in total. The molecule has 0 radical (unpaired) electrons. The summed E-state index contributed by atoms with van der Waals surface area (Å²) in [7, 11) is 0. The Kier molecular flexibility index (Phi) is 27.7. The molecule has 9 aromatic carbocycles. The molecule has 15 rings (SSSR count). The van der Waals surface area contributed by atoms with E-state index in [4.69, 9.17) is 15.8 Å². The van der Waals surface area contributed by atoms with Gasteiger partial charge in [0.25, 0.3) is 0 Å². The van der Waals surface area contributed by atoms with Gasteiger partial charge in [0.1, 0.15) is 35.1 Å². The number of fused-ring (bicyclic) bond motifs is 7. The van der Waals surface area contributed by atoms with E-state index in [0.717, 1.165) is 66.4 Å². The van der Waals surface area contributed by atoms with Crippen molar-refractivity contribution in [1.29, 1.82) is 15.8 Å². The van der Waals surface area contributed by atoms with E-state index >= 15 is 0 Å². The van der Waals surface area contributed by atoms with Crippen molar-refractivity contribution in [2.75, 3.05) is 0 Å². The quantitative estimate of drug-likeness (QED) is 0.116. The third-order valence-corrected chi connectivity index (χ3v) is 17.0. The summed E-state index contributed by atoms with van der Waals surface area (Å²) in [4.78, 5) is 20.4. The minimum Gasteiger partial charge on any atom is -0.482 e. The van der Waals surface area contributed by atoms with E-state index in [2.05, 4.69) is 236 Å². The van der Waals surface area contributed by atoms with Crippen LogP contribution in [0.4, 0.5) is 5.69 Å². The summed E-state index contributed by atoms with van der Waals surface area (Å²) in [6.45, 7) is 30.8. The minimum absolute atomic E-state index is 0. The van der Waals surface area contributed by atoms with Gasteiger partial charge in [-0.15, -0.1) is 13.8 Å². The molecular weight excluding hydrogens is 1440 g/mol. The van der Waals surface area contributed by atoms with E-state index in [1.165, 1.54) is 82.0 Å². The maximum absolute atomic E-state index is 8.92. The molecule has 10 nitrogen and oxygen atoms in total. The fraction of sp³-hybridized carbons (Fsp3) is 0.170. The fourth-order valence-electron chi connectivity index (χ4n) is 11.3. The standard InChI is InChI=1S/2C12H12.C11H11N3.C11H8N2.C11H11N.C11H10.C10H7N3.C10H11N.U/c2*1-9-7-8-10(2)12-6-4-3-5-11(9)12;1-7-4-5-10(6-12)14-11(7)8(2)9(3)13-14;1-8-7-13-11(6-12)10-5-3-2-4-9(8)10;1-8-3-4-9(2)11-7-12-6-5-10(8)11;1-9-6-7-10-4-2-3-5-11(10)8-9;1-7-6-13-9(5-11)10-8(7)3-2-4-12-10;1-4-11-10-7-8(2)5-6-9(10)3;/h2*3-8H,1-2H3;4-5H,1-3H3;2-5,7H,1H3;3-7H,1-2H3;2-8H,1H3;2-4,6H,1H3;5-6H,1-3H3;/q;;;;;;;-2;+2. The molecule has 0 spiro atoms. The number of nitriles is 3. The number of hydrogen-bond donors (Lipinski definition) is 0. The van der Waals surface area contributed by atoms with Crippen molar-refractivity contribution in [2.45, 2.75) is 104 Å². The van der Waals surface area contributed by atoms with Crippen molar-refractivity contribution in [3.05, 3.63) is 326 Å². The Morgan fingerprint density at radius 3 is 1.37 bits per heavy atom. The first kappa shape index (κ1) is 75.4. The number of nitrogens with zero attached hydrogens (tertiary/aromatic N) is 10. The number of hydrogen-bond acceptors (Lipinski definition) is 9. The normalized spacial score (nSPS) is 10.2. The Labute approximate surface area is 607 Å². The molecule has 0 aliphatic carbocycles. The Balaban J connectivity index is 0.000000159. The van der Waals surface area contributed by atoms with Crippen LogP contribution in [0.3, 0.4) is 0 Å². The first-order valence-electron chi connectivity index (χ1n) is 32.5. The molecule has 488 valence electrons. The van der Waals surface area contributed by atoms with Gasteiger partial charge >= 0.3 is 31.1 Å². The zero-order valence-corrected chi connectivity index (χ0v) is 63.5. The Bertz CT molecular complexity index is 5060. The van der Waals surface area contributed by atoms with Gasteiger partial charge in [-0.05, 0) is 200 Å². The van der Waals surface area contributed by atoms with Gasteiger partial charge < -0.3 is 4.99 Å². The van der Waals surface area contributed by atoms with E-state index in [1.54, 1.807) is 36.1 Å². The number of pyridine rings is 5. The number of aliphatic imine (C=N–C) groups is 1. The third kappa shape index (κ3) is 19.4. The van der Waals surface area contributed by atoms with Crippen LogP contribution in [0.5, 0.6) is 0 Å². The van der Waals surface area contributed by atoms with Crippen LogP contribution in [-0.2, 0) is 0 Å². The van der Waals surface area contributed by atoms with Crippen LogP contribution in [0.1, 0.15) is 102 Å².